The molecule has 5 N–H and O–H groups in total. The lowest BCUT2D eigenvalue weighted by Crippen LogP contribution is -2.30. The van der Waals surface area contributed by atoms with Crippen LogP contribution in [0.1, 0.15) is 71.2 Å². The molecule has 9 nitrogen and oxygen atoms in total. The Labute approximate surface area is 245 Å². The maximum atomic E-state index is 13.7. The largest absolute Gasteiger partial charge is 0.472 e. The quantitative estimate of drug-likeness (QED) is 0.135. The van der Waals surface area contributed by atoms with Gasteiger partial charge in [-0.05, 0) is 71.5 Å². The first-order valence-electron chi connectivity index (χ1n) is 14.2. The minimum absolute atomic E-state index is 0.206. The van der Waals surface area contributed by atoms with E-state index in [-0.39, 0.29) is 5.91 Å². The number of aromatic amines is 2. The average molecular weight is 579 g/mol. The van der Waals surface area contributed by atoms with Gasteiger partial charge in [-0.25, -0.2) is 4.98 Å². The molecule has 4 aromatic heterocycles. The monoisotopic (exact) mass is 578 g/mol. The molecule has 10 heteroatoms. The molecule has 4 heterocycles. The molecule has 1 aliphatic carbocycles. The number of fused-ring (bicyclic) bond motifs is 2. The van der Waals surface area contributed by atoms with Crippen molar-refractivity contribution in [3.05, 3.63) is 93.9 Å². The van der Waals surface area contributed by atoms with E-state index in [2.05, 4.69) is 31.5 Å². The molecule has 1 atom stereocenters. The fraction of sp³-hybridized carbons (Fsp3) is 0.250. The van der Waals surface area contributed by atoms with Crippen LogP contribution in [0, 0.1) is 4.91 Å². The van der Waals surface area contributed by atoms with Crippen molar-refractivity contribution in [2.75, 3.05) is 5.73 Å². The molecule has 0 unspecified atom stereocenters. The normalized spacial score (nSPS) is 14.9. The minimum Gasteiger partial charge on any atom is -0.472 e. The molecule has 212 valence electrons. The van der Waals surface area contributed by atoms with Crippen LogP contribution in [0.15, 0.2) is 76.2 Å². The molecule has 0 saturated heterocycles. The number of hydrogen-bond acceptors (Lipinski definition) is 7. The molecule has 2 aromatic carbocycles. The third kappa shape index (κ3) is 4.87. The summed E-state index contributed by atoms with van der Waals surface area (Å²) in [6.45, 7) is 0. The van der Waals surface area contributed by atoms with Gasteiger partial charge in [0.05, 0.1) is 30.0 Å². The highest BCUT2D eigenvalue weighted by molar-refractivity contribution is 7.13. The predicted octanol–water partition coefficient (Wildman–Crippen LogP) is 8.11. The highest BCUT2D eigenvalue weighted by Crippen LogP contribution is 2.42. The number of furan rings is 1. The van der Waals surface area contributed by atoms with Gasteiger partial charge in [0, 0.05) is 50.9 Å². The SMILES string of the molecule is Nc1nc([C@H](Cc2c[nH]c3ccc(N=O)cc23)NC(=O)c2ccc3c(C4CCCCC4)c(-c4ccoc4)[nH]c3c2)cs1. The van der Waals surface area contributed by atoms with Gasteiger partial charge in [-0.1, -0.05) is 25.3 Å². The summed E-state index contributed by atoms with van der Waals surface area (Å²) in [6, 6.07) is 12.7. The van der Waals surface area contributed by atoms with Crippen molar-refractivity contribution in [2.45, 2.75) is 50.5 Å². The Morgan fingerprint density at radius 1 is 1.12 bits per heavy atom. The van der Waals surface area contributed by atoms with Gasteiger partial charge in [0.2, 0.25) is 0 Å². The van der Waals surface area contributed by atoms with E-state index in [4.69, 9.17) is 10.2 Å². The first-order chi connectivity index (χ1) is 20.6. The van der Waals surface area contributed by atoms with Crippen molar-refractivity contribution in [3.8, 4) is 11.3 Å². The summed E-state index contributed by atoms with van der Waals surface area (Å²) >= 11 is 1.33. The lowest BCUT2D eigenvalue weighted by Gasteiger charge is -2.22. The second-order valence-electron chi connectivity index (χ2n) is 11.0. The number of nitrogens with one attached hydrogen (secondary N) is 3. The fourth-order valence-electron chi connectivity index (χ4n) is 6.35. The van der Waals surface area contributed by atoms with E-state index in [0.29, 0.717) is 34.4 Å². The van der Waals surface area contributed by atoms with E-state index in [1.165, 1.54) is 36.2 Å². The van der Waals surface area contributed by atoms with Crippen molar-refractivity contribution in [1.82, 2.24) is 20.3 Å². The number of H-pyrrole nitrogens is 2. The Morgan fingerprint density at radius 2 is 2.00 bits per heavy atom. The van der Waals surface area contributed by atoms with Gasteiger partial charge in [-0.2, -0.15) is 0 Å². The zero-order chi connectivity index (χ0) is 28.6. The molecule has 1 fully saturated rings. The van der Waals surface area contributed by atoms with E-state index in [0.717, 1.165) is 51.5 Å². The highest BCUT2D eigenvalue weighted by Gasteiger charge is 2.26. The van der Waals surface area contributed by atoms with Gasteiger partial charge in [-0.15, -0.1) is 16.2 Å². The predicted molar refractivity (Wildman–Crippen MR) is 166 cm³/mol. The summed E-state index contributed by atoms with van der Waals surface area (Å²) in [5.74, 6) is 0.268. The van der Waals surface area contributed by atoms with Crippen LogP contribution in [0.3, 0.4) is 0 Å². The van der Waals surface area contributed by atoms with Crippen LogP contribution in [0.2, 0.25) is 0 Å². The standard InChI is InChI=1S/C32H30N6O3S/c33-32-37-28(17-42-32)27(13-21-15-34-25-9-7-22(38-40)14-24(21)25)36-31(39)19-6-8-23-26(12-19)35-30(20-10-11-41-16-20)29(23)18-4-2-1-3-5-18/h6-12,14-18,27,34-35H,1-5,13H2,(H2,33,37)(H,36,39)/t27-/m0/s1. The number of carbonyl (C=O) groups is 1. The first-order valence-corrected chi connectivity index (χ1v) is 15.1. The molecule has 0 spiro atoms. The molecule has 1 aliphatic rings. The second-order valence-corrected chi connectivity index (χ2v) is 11.9. The third-order valence-electron chi connectivity index (χ3n) is 8.41. The van der Waals surface area contributed by atoms with Gasteiger partial charge in [0.15, 0.2) is 5.13 Å². The van der Waals surface area contributed by atoms with Gasteiger partial charge < -0.3 is 25.4 Å². The number of anilines is 1. The van der Waals surface area contributed by atoms with Gasteiger partial charge in [-0.3, -0.25) is 4.79 Å². The van der Waals surface area contributed by atoms with Crippen LogP contribution in [-0.2, 0) is 6.42 Å². The van der Waals surface area contributed by atoms with Gasteiger partial charge >= 0.3 is 0 Å². The molecule has 6 aromatic rings. The number of nitroso groups, excluding NO2 is 1. The number of benzene rings is 2. The van der Waals surface area contributed by atoms with Crippen LogP contribution in [-0.4, -0.2) is 20.9 Å². The number of nitrogens with zero attached hydrogens (tertiary/aromatic N) is 2. The van der Waals surface area contributed by atoms with E-state index in [1.807, 2.05) is 35.8 Å². The summed E-state index contributed by atoms with van der Waals surface area (Å²) in [6.07, 6.45) is 11.9. The Morgan fingerprint density at radius 3 is 2.76 bits per heavy atom. The number of hydrogen-bond donors (Lipinski definition) is 4. The topological polar surface area (TPSA) is 142 Å². The molecule has 1 saturated carbocycles. The smallest absolute Gasteiger partial charge is 0.251 e. The minimum atomic E-state index is -0.434. The Hall–Kier alpha value is -4.70. The van der Waals surface area contributed by atoms with Crippen molar-refractivity contribution in [2.24, 2.45) is 5.18 Å². The lowest BCUT2D eigenvalue weighted by molar-refractivity contribution is 0.0936. The van der Waals surface area contributed by atoms with Crippen molar-refractivity contribution in [1.29, 1.82) is 0 Å². The Balaban J connectivity index is 1.22. The first kappa shape index (κ1) is 26.2. The van der Waals surface area contributed by atoms with Crippen LogP contribution in [0.25, 0.3) is 33.1 Å². The Kier molecular flexibility index (Phi) is 6.83. The van der Waals surface area contributed by atoms with Crippen molar-refractivity contribution in [3.63, 3.8) is 0 Å². The summed E-state index contributed by atoms with van der Waals surface area (Å²) in [7, 11) is 0. The molecule has 0 radical (unpaired) electrons. The van der Waals surface area contributed by atoms with E-state index in [9.17, 15) is 9.70 Å². The number of rotatable bonds is 8. The van der Waals surface area contributed by atoms with Crippen molar-refractivity contribution >= 4 is 49.9 Å². The Bertz CT molecular complexity index is 1890. The van der Waals surface area contributed by atoms with Gasteiger partial charge in [0.25, 0.3) is 5.91 Å². The maximum absolute atomic E-state index is 13.7. The number of carbonyl (C=O) groups excluding carboxylic acids is 1. The molecule has 42 heavy (non-hydrogen) atoms. The number of nitrogens with two attached hydrogens (primary N) is 1. The lowest BCUT2D eigenvalue weighted by atomic mass is 9.82. The summed E-state index contributed by atoms with van der Waals surface area (Å²) < 4.78 is 5.42. The molecular formula is C32H30N6O3S. The van der Waals surface area contributed by atoms with Crippen LogP contribution < -0.4 is 11.1 Å². The maximum Gasteiger partial charge on any atom is 0.251 e. The summed E-state index contributed by atoms with van der Waals surface area (Å²) in [5, 5.41) is 10.6. The van der Waals surface area contributed by atoms with Crippen LogP contribution in [0.5, 0.6) is 0 Å². The highest BCUT2D eigenvalue weighted by atomic mass is 32.1. The van der Waals surface area contributed by atoms with E-state index < -0.39 is 6.04 Å². The number of nitrogen functional groups attached to an aromatic ring is 1. The van der Waals surface area contributed by atoms with E-state index in [1.54, 1.807) is 24.7 Å². The van der Waals surface area contributed by atoms with E-state index >= 15 is 0 Å². The molecular weight excluding hydrogens is 548 g/mol. The average Bonchev–Trinajstić information content (AvgIpc) is 3.83. The third-order valence-corrected chi connectivity index (χ3v) is 9.10. The molecule has 0 bridgehead atoms. The molecule has 1 amide bonds. The van der Waals surface area contributed by atoms with Crippen LogP contribution in [0.4, 0.5) is 10.8 Å². The number of amides is 1. The fourth-order valence-corrected chi connectivity index (χ4v) is 6.97. The molecule has 7 rings (SSSR count). The molecule has 0 aliphatic heterocycles. The zero-order valence-corrected chi connectivity index (χ0v) is 23.7. The second kappa shape index (κ2) is 10.9. The summed E-state index contributed by atoms with van der Waals surface area (Å²) in [5.41, 5.74) is 13.7. The van der Waals surface area contributed by atoms with Crippen molar-refractivity contribution < 1.29 is 9.21 Å². The van der Waals surface area contributed by atoms with Gasteiger partial charge in [0.1, 0.15) is 5.69 Å². The zero-order valence-electron chi connectivity index (χ0n) is 22.9. The summed E-state index contributed by atoms with van der Waals surface area (Å²) in [4.78, 5) is 36.2. The number of thiazole rings is 1. The van der Waals surface area contributed by atoms with Crippen LogP contribution >= 0.6 is 11.3 Å². The number of aromatic nitrogens is 3.